The van der Waals surface area contributed by atoms with E-state index in [1.54, 1.807) is 14.2 Å². The Balaban J connectivity index is 2.29. The van der Waals surface area contributed by atoms with Crippen molar-refractivity contribution in [2.24, 2.45) is 0 Å². The second-order valence-electron chi connectivity index (χ2n) is 3.89. The van der Waals surface area contributed by atoms with Crippen LogP contribution in [0.5, 0.6) is 0 Å². The number of hydrogen-bond acceptors (Lipinski definition) is 7. The molecule has 1 aromatic heterocycles. The SMILES string of the molecule is COCNc1nc(NCOC)nc(-c2ccccc2)n1. The molecule has 1 aromatic carbocycles. The van der Waals surface area contributed by atoms with E-state index in [1.165, 1.54) is 0 Å². The summed E-state index contributed by atoms with van der Waals surface area (Å²) in [7, 11) is 3.19. The number of ether oxygens (including phenoxy) is 2. The molecule has 7 nitrogen and oxygen atoms in total. The van der Waals surface area contributed by atoms with E-state index < -0.39 is 0 Å². The molecule has 1 heterocycles. The van der Waals surface area contributed by atoms with Gasteiger partial charge >= 0.3 is 0 Å². The number of anilines is 2. The Kier molecular flexibility index (Phi) is 5.22. The van der Waals surface area contributed by atoms with Crippen LogP contribution in [-0.4, -0.2) is 42.6 Å². The number of hydrogen-bond donors (Lipinski definition) is 2. The minimum atomic E-state index is 0.321. The predicted octanol–water partition coefficient (Wildman–Crippen LogP) is 1.57. The Morgan fingerprint density at radius 2 is 1.40 bits per heavy atom. The molecule has 0 aliphatic rings. The third kappa shape index (κ3) is 3.87. The molecule has 2 aromatic rings. The predicted molar refractivity (Wildman–Crippen MR) is 76.3 cm³/mol. The number of nitrogens with zero attached hydrogens (tertiary/aromatic N) is 3. The first-order valence-electron chi connectivity index (χ1n) is 6.10. The van der Waals surface area contributed by atoms with Crippen molar-refractivity contribution < 1.29 is 9.47 Å². The maximum absolute atomic E-state index is 4.96. The van der Waals surface area contributed by atoms with Crippen molar-refractivity contribution in [3.63, 3.8) is 0 Å². The second kappa shape index (κ2) is 7.37. The van der Waals surface area contributed by atoms with Gasteiger partial charge in [-0.1, -0.05) is 30.3 Å². The van der Waals surface area contributed by atoms with Crippen LogP contribution in [-0.2, 0) is 9.47 Å². The van der Waals surface area contributed by atoms with Crippen LogP contribution in [0.15, 0.2) is 30.3 Å². The Morgan fingerprint density at radius 1 is 0.850 bits per heavy atom. The summed E-state index contributed by atoms with van der Waals surface area (Å²) in [4.78, 5) is 12.9. The van der Waals surface area contributed by atoms with Gasteiger partial charge in [-0.25, -0.2) is 0 Å². The van der Waals surface area contributed by atoms with E-state index in [1.807, 2.05) is 30.3 Å². The van der Waals surface area contributed by atoms with Gasteiger partial charge in [-0.15, -0.1) is 0 Å². The minimum absolute atomic E-state index is 0.321. The van der Waals surface area contributed by atoms with Crippen molar-refractivity contribution in [3.8, 4) is 11.4 Å². The zero-order chi connectivity index (χ0) is 14.2. The molecule has 0 saturated carbocycles. The van der Waals surface area contributed by atoms with E-state index in [-0.39, 0.29) is 0 Å². The fraction of sp³-hybridized carbons (Fsp3) is 0.308. The number of benzene rings is 1. The average molecular weight is 275 g/mol. The molecule has 0 bridgehead atoms. The third-order valence-corrected chi connectivity index (χ3v) is 2.42. The van der Waals surface area contributed by atoms with Gasteiger partial charge in [0.05, 0.1) is 0 Å². The maximum Gasteiger partial charge on any atom is 0.229 e. The maximum atomic E-state index is 4.96. The summed E-state index contributed by atoms with van der Waals surface area (Å²) < 4.78 is 9.91. The second-order valence-corrected chi connectivity index (χ2v) is 3.89. The monoisotopic (exact) mass is 275 g/mol. The van der Waals surface area contributed by atoms with Crippen LogP contribution in [0.2, 0.25) is 0 Å². The lowest BCUT2D eigenvalue weighted by atomic mass is 10.2. The van der Waals surface area contributed by atoms with Crippen molar-refractivity contribution >= 4 is 11.9 Å². The Hall–Kier alpha value is -2.25. The first-order chi connectivity index (χ1) is 9.83. The molecule has 0 radical (unpaired) electrons. The smallest absolute Gasteiger partial charge is 0.229 e. The molecule has 7 heteroatoms. The first kappa shape index (κ1) is 14.2. The van der Waals surface area contributed by atoms with Crippen molar-refractivity contribution in [3.05, 3.63) is 30.3 Å². The molecule has 20 heavy (non-hydrogen) atoms. The number of aromatic nitrogens is 3. The van der Waals surface area contributed by atoms with Crippen molar-refractivity contribution in [1.82, 2.24) is 15.0 Å². The minimum Gasteiger partial charge on any atom is -0.364 e. The van der Waals surface area contributed by atoms with Crippen LogP contribution in [0.3, 0.4) is 0 Å². The molecule has 0 unspecified atom stereocenters. The Labute approximate surface area is 117 Å². The number of rotatable bonds is 7. The Bertz CT molecular complexity index is 509. The number of methoxy groups -OCH3 is 2. The highest BCUT2D eigenvalue weighted by Gasteiger charge is 2.07. The summed E-state index contributed by atoms with van der Waals surface area (Å²) in [6.07, 6.45) is 0. The highest BCUT2D eigenvalue weighted by Crippen LogP contribution is 2.17. The van der Waals surface area contributed by atoms with Gasteiger partial charge < -0.3 is 20.1 Å². The van der Waals surface area contributed by atoms with Crippen LogP contribution >= 0.6 is 0 Å². The standard InChI is InChI=1S/C13H17N5O2/c1-19-8-14-12-16-11(10-6-4-3-5-7-10)17-13(18-12)15-9-20-2/h3-7H,8-9H2,1-2H3,(H2,14,15,16,17,18). The van der Waals surface area contributed by atoms with Gasteiger partial charge in [-0.3, -0.25) is 0 Å². The summed E-state index contributed by atoms with van der Waals surface area (Å²) in [6, 6.07) is 9.69. The van der Waals surface area contributed by atoms with E-state index in [9.17, 15) is 0 Å². The summed E-state index contributed by atoms with van der Waals surface area (Å²) in [5.74, 6) is 1.47. The zero-order valence-corrected chi connectivity index (χ0v) is 11.5. The van der Waals surface area contributed by atoms with Crippen LogP contribution in [0.25, 0.3) is 11.4 Å². The summed E-state index contributed by atoms with van der Waals surface area (Å²) in [5.41, 5.74) is 0.913. The van der Waals surface area contributed by atoms with Crippen LogP contribution in [0, 0.1) is 0 Å². The van der Waals surface area contributed by atoms with E-state index >= 15 is 0 Å². The molecule has 2 rings (SSSR count). The zero-order valence-electron chi connectivity index (χ0n) is 11.5. The van der Waals surface area contributed by atoms with Crippen molar-refractivity contribution in [2.45, 2.75) is 0 Å². The summed E-state index contributed by atoms with van der Waals surface area (Å²) >= 11 is 0. The molecule has 2 N–H and O–H groups in total. The lowest BCUT2D eigenvalue weighted by Gasteiger charge is -2.09. The van der Waals surface area contributed by atoms with Gasteiger partial charge in [0.1, 0.15) is 13.5 Å². The number of nitrogens with one attached hydrogen (secondary N) is 2. The molecule has 0 amide bonds. The van der Waals surface area contributed by atoms with Gasteiger partial charge in [0, 0.05) is 19.8 Å². The average Bonchev–Trinajstić information content (AvgIpc) is 2.51. The molecule has 0 aliphatic heterocycles. The van der Waals surface area contributed by atoms with Crippen LogP contribution in [0.1, 0.15) is 0 Å². The largest absolute Gasteiger partial charge is 0.364 e. The lowest BCUT2D eigenvalue weighted by Crippen LogP contribution is -2.12. The lowest BCUT2D eigenvalue weighted by molar-refractivity contribution is 0.219. The van der Waals surface area contributed by atoms with E-state index in [0.29, 0.717) is 31.2 Å². The van der Waals surface area contributed by atoms with Gasteiger partial charge in [-0.2, -0.15) is 15.0 Å². The first-order valence-corrected chi connectivity index (χ1v) is 6.10. The quantitative estimate of drug-likeness (QED) is 0.742. The van der Waals surface area contributed by atoms with Gasteiger partial charge in [0.25, 0.3) is 0 Å². The normalized spacial score (nSPS) is 10.3. The Morgan fingerprint density at radius 3 is 1.90 bits per heavy atom. The molecule has 0 aliphatic carbocycles. The topological polar surface area (TPSA) is 81.2 Å². The fourth-order valence-corrected chi connectivity index (χ4v) is 1.52. The van der Waals surface area contributed by atoms with E-state index in [2.05, 4.69) is 25.6 Å². The van der Waals surface area contributed by atoms with Gasteiger partial charge in [0.15, 0.2) is 5.82 Å². The van der Waals surface area contributed by atoms with Gasteiger partial charge in [0.2, 0.25) is 11.9 Å². The van der Waals surface area contributed by atoms with Crippen molar-refractivity contribution in [1.29, 1.82) is 0 Å². The molecule has 0 fully saturated rings. The van der Waals surface area contributed by atoms with E-state index in [0.717, 1.165) is 5.56 Å². The molecular weight excluding hydrogens is 258 g/mol. The van der Waals surface area contributed by atoms with Crippen LogP contribution in [0.4, 0.5) is 11.9 Å². The van der Waals surface area contributed by atoms with Crippen molar-refractivity contribution in [2.75, 3.05) is 38.3 Å². The highest BCUT2D eigenvalue weighted by atomic mass is 16.5. The summed E-state index contributed by atoms with van der Waals surface area (Å²) in [6.45, 7) is 0.643. The summed E-state index contributed by atoms with van der Waals surface area (Å²) in [5, 5.41) is 5.91. The molecule has 0 atom stereocenters. The van der Waals surface area contributed by atoms with Crippen LogP contribution < -0.4 is 10.6 Å². The van der Waals surface area contributed by atoms with Gasteiger partial charge in [-0.05, 0) is 0 Å². The molecular formula is C13H17N5O2. The fourth-order valence-electron chi connectivity index (χ4n) is 1.52. The third-order valence-electron chi connectivity index (χ3n) is 2.42. The molecule has 0 saturated heterocycles. The molecule has 0 spiro atoms. The highest BCUT2D eigenvalue weighted by molar-refractivity contribution is 5.57. The van der Waals surface area contributed by atoms with E-state index in [4.69, 9.17) is 9.47 Å². The molecule has 106 valence electrons.